The third-order valence-corrected chi connectivity index (χ3v) is 4.63. The van der Waals surface area contributed by atoms with Gasteiger partial charge in [0.05, 0.1) is 5.02 Å². The number of rotatable bonds is 3. The fourth-order valence-corrected chi connectivity index (χ4v) is 3.32. The number of halogens is 3. The smallest absolute Gasteiger partial charge is 0.210 e. The van der Waals surface area contributed by atoms with Crippen molar-refractivity contribution in [1.29, 1.82) is 0 Å². The molecule has 1 aromatic heterocycles. The minimum atomic E-state index is 0.564. The Morgan fingerprint density at radius 2 is 1.76 bits per heavy atom. The Bertz CT molecular complexity index is 774. The molecule has 21 heavy (non-hydrogen) atoms. The molecule has 0 aliphatic carbocycles. The third-order valence-electron chi connectivity index (χ3n) is 2.68. The van der Waals surface area contributed by atoms with Crippen LogP contribution in [0.25, 0.3) is 10.6 Å². The number of nitrogens with one attached hydrogen (secondary N) is 1. The molecule has 0 saturated carbocycles. The second kappa shape index (κ2) is 6.32. The van der Waals surface area contributed by atoms with Crippen LogP contribution in [0, 0.1) is 0 Å². The van der Waals surface area contributed by atoms with Crippen LogP contribution in [0.2, 0.25) is 10.0 Å². The Morgan fingerprint density at radius 1 is 1.00 bits per heavy atom. The van der Waals surface area contributed by atoms with Gasteiger partial charge in [-0.1, -0.05) is 50.5 Å². The molecule has 3 rings (SSSR count). The van der Waals surface area contributed by atoms with Gasteiger partial charge in [0.2, 0.25) is 5.13 Å². The zero-order chi connectivity index (χ0) is 14.8. The minimum absolute atomic E-state index is 0.564. The van der Waals surface area contributed by atoms with E-state index in [-0.39, 0.29) is 0 Å². The highest BCUT2D eigenvalue weighted by atomic mass is 79.9. The summed E-state index contributed by atoms with van der Waals surface area (Å²) in [4.78, 5) is 0. The molecule has 7 heteroatoms. The maximum atomic E-state index is 6.18. The molecule has 106 valence electrons. The summed E-state index contributed by atoms with van der Waals surface area (Å²) in [6.45, 7) is 0. The van der Waals surface area contributed by atoms with Gasteiger partial charge in [-0.25, -0.2) is 0 Å². The van der Waals surface area contributed by atoms with E-state index < -0.39 is 0 Å². The molecule has 0 bridgehead atoms. The molecule has 3 aromatic rings. The Balaban J connectivity index is 1.84. The fraction of sp³-hybridized carbons (Fsp3) is 0. The number of nitrogens with zero attached hydrogens (tertiary/aromatic N) is 2. The quantitative estimate of drug-likeness (QED) is 0.584. The van der Waals surface area contributed by atoms with Crippen molar-refractivity contribution in [2.24, 2.45) is 0 Å². The van der Waals surface area contributed by atoms with E-state index in [4.69, 9.17) is 23.2 Å². The lowest BCUT2D eigenvalue weighted by Crippen LogP contribution is -1.88. The first-order valence-electron chi connectivity index (χ1n) is 5.93. The van der Waals surface area contributed by atoms with Gasteiger partial charge in [-0.05, 0) is 42.5 Å². The second-order valence-corrected chi connectivity index (χ2v) is 6.91. The van der Waals surface area contributed by atoms with E-state index in [0.717, 1.165) is 20.7 Å². The monoisotopic (exact) mass is 399 g/mol. The zero-order valence-corrected chi connectivity index (χ0v) is 14.4. The molecular weight excluding hydrogens is 393 g/mol. The summed E-state index contributed by atoms with van der Waals surface area (Å²) in [5, 5.41) is 14.1. The average Bonchev–Trinajstić information content (AvgIpc) is 2.90. The van der Waals surface area contributed by atoms with Crippen LogP contribution in [-0.4, -0.2) is 10.2 Å². The molecule has 0 atom stereocenters. The summed E-state index contributed by atoms with van der Waals surface area (Å²) in [6.07, 6.45) is 0. The van der Waals surface area contributed by atoms with Gasteiger partial charge in [0.15, 0.2) is 5.01 Å². The van der Waals surface area contributed by atoms with Gasteiger partial charge in [0.25, 0.3) is 0 Å². The Hall–Kier alpha value is -1.14. The maximum absolute atomic E-state index is 6.18. The second-order valence-electron chi connectivity index (χ2n) is 4.17. The SMILES string of the molecule is Clc1ccc(-c2nnc(Nc3ccc(Br)cc3)s2)c(Cl)c1. The van der Waals surface area contributed by atoms with Crippen LogP contribution in [-0.2, 0) is 0 Å². The van der Waals surface area contributed by atoms with Crippen molar-refractivity contribution in [3.63, 3.8) is 0 Å². The van der Waals surface area contributed by atoms with Crippen molar-refractivity contribution in [2.75, 3.05) is 5.32 Å². The van der Waals surface area contributed by atoms with Crippen LogP contribution < -0.4 is 5.32 Å². The molecule has 0 unspecified atom stereocenters. The summed E-state index contributed by atoms with van der Waals surface area (Å²) in [5.74, 6) is 0. The highest BCUT2D eigenvalue weighted by Crippen LogP contribution is 2.34. The van der Waals surface area contributed by atoms with Crippen molar-refractivity contribution in [2.45, 2.75) is 0 Å². The first-order valence-corrected chi connectivity index (χ1v) is 8.30. The number of aromatic nitrogens is 2. The van der Waals surface area contributed by atoms with Gasteiger partial charge in [-0.2, -0.15) is 0 Å². The summed E-state index contributed by atoms with van der Waals surface area (Å²) in [7, 11) is 0. The number of anilines is 2. The van der Waals surface area contributed by atoms with Gasteiger partial charge in [0, 0.05) is 20.7 Å². The molecule has 0 spiro atoms. The Labute approximate surface area is 144 Å². The number of hydrogen-bond acceptors (Lipinski definition) is 4. The van der Waals surface area contributed by atoms with Gasteiger partial charge in [0.1, 0.15) is 0 Å². The molecule has 0 amide bonds. The van der Waals surface area contributed by atoms with Crippen LogP contribution in [0.1, 0.15) is 0 Å². The van der Waals surface area contributed by atoms with E-state index in [9.17, 15) is 0 Å². The fourth-order valence-electron chi connectivity index (χ4n) is 1.70. The molecule has 0 aliphatic heterocycles. The molecule has 2 aromatic carbocycles. The van der Waals surface area contributed by atoms with Crippen molar-refractivity contribution < 1.29 is 0 Å². The zero-order valence-electron chi connectivity index (χ0n) is 10.5. The normalized spacial score (nSPS) is 10.6. The summed E-state index contributed by atoms with van der Waals surface area (Å²) < 4.78 is 1.03. The van der Waals surface area contributed by atoms with E-state index in [0.29, 0.717) is 15.2 Å². The lowest BCUT2D eigenvalue weighted by molar-refractivity contribution is 1.10. The highest BCUT2D eigenvalue weighted by molar-refractivity contribution is 9.10. The van der Waals surface area contributed by atoms with E-state index in [1.807, 2.05) is 30.3 Å². The molecule has 0 aliphatic rings. The Kier molecular flexibility index (Phi) is 4.45. The molecular formula is C14H8BrCl2N3S. The lowest BCUT2D eigenvalue weighted by atomic mass is 10.2. The van der Waals surface area contributed by atoms with Gasteiger partial charge < -0.3 is 5.32 Å². The van der Waals surface area contributed by atoms with Crippen molar-refractivity contribution in [3.05, 3.63) is 57.0 Å². The van der Waals surface area contributed by atoms with Gasteiger partial charge >= 0.3 is 0 Å². The molecule has 0 fully saturated rings. The minimum Gasteiger partial charge on any atom is -0.330 e. The summed E-state index contributed by atoms with van der Waals surface area (Å²) in [5.41, 5.74) is 1.77. The predicted octanol–water partition coefficient (Wildman–Crippen LogP) is 6.02. The van der Waals surface area contributed by atoms with Crippen LogP contribution in [0.15, 0.2) is 46.9 Å². The molecule has 0 radical (unpaired) electrons. The van der Waals surface area contributed by atoms with E-state index in [1.54, 1.807) is 12.1 Å². The topological polar surface area (TPSA) is 37.8 Å². The third kappa shape index (κ3) is 3.55. The van der Waals surface area contributed by atoms with E-state index in [1.165, 1.54) is 11.3 Å². The van der Waals surface area contributed by atoms with Crippen molar-refractivity contribution >= 4 is 61.3 Å². The lowest BCUT2D eigenvalue weighted by Gasteiger charge is -2.01. The molecule has 3 nitrogen and oxygen atoms in total. The average molecular weight is 401 g/mol. The van der Waals surface area contributed by atoms with Crippen molar-refractivity contribution in [3.8, 4) is 10.6 Å². The highest BCUT2D eigenvalue weighted by Gasteiger charge is 2.10. The standard InChI is InChI=1S/C14H8BrCl2N3S/c15-8-1-4-10(5-2-8)18-14-20-19-13(21-14)11-6-3-9(16)7-12(11)17/h1-7H,(H,18,20). The van der Waals surface area contributed by atoms with E-state index in [2.05, 4.69) is 31.4 Å². The van der Waals surface area contributed by atoms with Crippen LogP contribution in [0.5, 0.6) is 0 Å². The largest absolute Gasteiger partial charge is 0.330 e. The van der Waals surface area contributed by atoms with Gasteiger partial charge in [-0.15, -0.1) is 10.2 Å². The number of hydrogen-bond donors (Lipinski definition) is 1. The van der Waals surface area contributed by atoms with Crippen LogP contribution in [0.3, 0.4) is 0 Å². The maximum Gasteiger partial charge on any atom is 0.210 e. The molecule has 1 heterocycles. The van der Waals surface area contributed by atoms with Crippen LogP contribution >= 0.6 is 50.5 Å². The summed E-state index contributed by atoms with van der Waals surface area (Å²) in [6, 6.07) is 13.2. The molecule has 1 N–H and O–H groups in total. The van der Waals surface area contributed by atoms with Crippen molar-refractivity contribution in [1.82, 2.24) is 10.2 Å². The van der Waals surface area contributed by atoms with Crippen LogP contribution in [0.4, 0.5) is 10.8 Å². The first kappa shape index (κ1) is 14.8. The molecule has 0 saturated heterocycles. The predicted molar refractivity (Wildman–Crippen MR) is 92.8 cm³/mol. The first-order chi connectivity index (χ1) is 10.1. The van der Waals surface area contributed by atoms with E-state index >= 15 is 0 Å². The Morgan fingerprint density at radius 3 is 2.48 bits per heavy atom. The number of benzene rings is 2. The van der Waals surface area contributed by atoms with Gasteiger partial charge in [-0.3, -0.25) is 0 Å². The summed E-state index contributed by atoms with van der Waals surface area (Å²) >= 11 is 16.9.